The van der Waals surface area contributed by atoms with E-state index in [1.54, 1.807) is 25.2 Å². The average Bonchev–Trinajstić information content (AvgIpc) is 1.57. The quantitative estimate of drug-likeness (QED) is 0.00439. The summed E-state index contributed by atoms with van der Waals surface area (Å²) in [6, 6.07) is 70.9. The molecule has 0 unspecified atom stereocenters. The molecular formula is C91H113N8NaO18P2. The summed E-state index contributed by atoms with van der Waals surface area (Å²) in [5, 5.41) is 16.8. The van der Waals surface area contributed by atoms with Crippen LogP contribution in [-0.4, -0.2) is 148 Å². The van der Waals surface area contributed by atoms with Gasteiger partial charge < -0.3 is 86.5 Å². The molecule has 636 valence electrons. The summed E-state index contributed by atoms with van der Waals surface area (Å²) in [7, 11) is 2.87. The Hall–Kier alpha value is -11.4. The number of aromatic nitrogens is 5. The molecule has 0 saturated carbocycles. The van der Waals surface area contributed by atoms with Crippen molar-refractivity contribution in [3.05, 3.63) is 332 Å². The van der Waals surface area contributed by atoms with Gasteiger partial charge in [0.25, 0.3) is 0 Å². The second-order valence-electron chi connectivity index (χ2n) is 25.5. The van der Waals surface area contributed by atoms with Crippen LogP contribution in [0, 0.1) is 34.6 Å². The Balaban J connectivity index is 0.00000137. The number of ketones is 2. The Morgan fingerprint density at radius 3 is 1.09 bits per heavy atom. The van der Waals surface area contributed by atoms with Gasteiger partial charge in [-0.15, -0.1) is 8.58 Å². The van der Waals surface area contributed by atoms with Crippen LogP contribution >= 0.6 is 16.2 Å². The van der Waals surface area contributed by atoms with E-state index in [4.69, 9.17) is 21.3 Å². The fourth-order valence-corrected chi connectivity index (χ4v) is 10.9. The Labute approximate surface area is 728 Å². The number of benzene rings is 5. The molecule has 0 saturated heterocycles. The number of aliphatic carboxylic acids is 1. The third-order valence-corrected chi connectivity index (χ3v) is 18.0. The molecule has 0 aliphatic rings. The molecule has 0 amide bonds. The Morgan fingerprint density at radius 1 is 0.475 bits per heavy atom. The molecule has 10 rings (SSSR count). The molecule has 0 aliphatic heterocycles. The monoisotopic (exact) mass is 1690 g/mol. The first-order valence-corrected chi connectivity index (χ1v) is 41.3. The standard InChI is InChI=1S/C18H19NO4.C16H17NO2.C15H15NO2.C13H13NO.C12H13N.C5H11O5P.C5H10O2.C5H8O2.C2H7P.N3.Na/c1-3-22-18(21)23-17(20)12-11-16-10-9-14(2)19(16)13-15-7-5-4-6-8-15;1-13-8-9-15(10-11-16(18)19-2)17(13)12-14-6-4-3-5-7-14;1-12-7-8-14(9-10-15(17)18)16(12)11-13-5-3-2-4-6-13;1-11-7-8-13(10-15)14(11)9-12-5-3-2-4-6-12;1-11-6-5-9-13(11)10-12-7-3-2-4-8-12;1-8-5(6)4-11(7,9-2)10-3;2*1-5(7)3-2-4-6;2*1-3-2;/h4-12H,3,13H2,1-2H3;3-11H,12H2,1-2H3;2-10H,11H2,1H3,(H,17,18);2-8,10H,9H2,1H3;2-9H,10H2,1H3;4H2,1-3H3;6H,2-4H2,1H3;4H,2-3H2,1H3;3H,1-2H3;;/q;;;;;;;;;-1;+1/b12-11+;11-10+;10-9+;;;;;;;;. The van der Waals surface area contributed by atoms with E-state index in [1.807, 2.05) is 165 Å². The number of Topliss-reactive ketones (excluding diaryl/α,β-unsaturated/α-hetero) is 2. The van der Waals surface area contributed by atoms with E-state index in [2.05, 4.69) is 152 Å². The molecule has 120 heavy (non-hydrogen) atoms. The van der Waals surface area contributed by atoms with Crippen molar-refractivity contribution in [3.8, 4) is 0 Å². The molecule has 0 aliphatic carbocycles. The number of carbonyl (C=O) groups is 9. The van der Waals surface area contributed by atoms with Gasteiger partial charge in [0.05, 0.1) is 26.5 Å². The van der Waals surface area contributed by atoms with Crippen molar-refractivity contribution in [1.82, 2.24) is 22.8 Å². The third kappa shape index (κ3) is 47.9. The second-order valence-corrected chi connectivity index (χ2v) is 28.7. The van der Waals surface area contributed by atoms with Crippen molar-refractivity contribution in [1.29, 1.82) is 0 Å². The summed E-state index contributed by atoms with van der Waals surface area (Å²) in [6.07, 6.45) is 13.1. The molecule has 29 heteroatoms. The van der Waals surface area contributed by atoms with E-state index >= 15 is 0 Å². The van der Waals surface area contributed by atoms with Crippen molar-refractivity contribution in [2.45, 2.75) is 114 Å². The zero-order chi connectivity index (χ0) is 88.8. The number of aliphatic hydroxyl groups is 1. The molecule has 10 aromatic rings. The van der Waals surface area contributed by atoms with Crippen LogP contribution in [0.4, 0.5) is 4.79 Å². The molecule has 5 aromatic carbocycles. The molecule has 5 aromatic heterocycles. The number of aldehydes is 2. The Kier molecular flexibility index (Phi) is 59.3. The number of nitrogens with zero attached hydrogens (tertiary/aromatic N) is 8. The van der Waals surface area contributed by atoms with Crippen LogP contribution in [-0.2, 0) is 98.8 Å². The molecule has 5 heterocycles. The van der Waals surface area contributed by atoms with Crippen LogP contribution in [0.3, 0.4) is 0 Å². The number of aryl methyl sites for hydroxylation is 5. The predicted molar refractivity (Wildman–Crippen MR) is 471 cm³/mol. The first-order chi connectivity index (χ1) is 57.1. The van der Waals surface area contributed by atoms with Gasteiger partial charge in [-0.1, -0.05) is 152 Å². The number of methoxy groups -OCH3 is 2. The summed E-state index contributed by atoms with van der Waals surface area (Å²) in [6.45, 7) is 23.4. The number of hydrogen-bond donors (Lipinski definition) is 2. The van der Waals surface area contributed by atoms with Crippen molar-refractivity contribution in [3.63, 3.8) is 0 Å². The van der Waals surface area contributed by atoms with Gasteiger partial charge in [-0.25, -0.2) is 19.2 Å². The maximum absolute atomic E-state index is 11.6. The van der Waals surface area contributed by atoms with Crippen LogP contribution < -0.4 is 29.6 Å². The van der Waals surface area contributed by atoms with Crippen LogP contribution in [0.1, 0.15) is 130 Å². The molecule has 0 fully saturated rings. The van der Waals surface area contributed by atoms with Crippen molar-refractivity contribution in [2.75, 3.05) is 61.1 Å². The fourth-order valence-electron chi connectivity index (χ4n) is 10.1. The molecule has 0 spiro atoms. The maximum atomic E-state index is 11.6. The molecule has 0 bridgehead atoms. The average molecular weight is 1690 g/mol. The van der Waals surface area contributed by atoms with Gasteiger partial charge in [0.1, 0.15) is 24.0 Å². The zero-order valence-corrected chi connectivity index (χ0v) is 75.2. The summed E-state index contributed by atoms with van der Waals surface area (Å²) in [5.74, 6) is -2.42. The number of carboxylic acid groups (broad SMARTS) is 1. The van der Waals surface area contributed by atoms with E-state index in [9.17, 15) is 47.7 Å². The Bertz CT molecular complexity index is 4770. The molecular weight excluding hydrogens is 1580 g/mol. The van der Waals surface area contributed by atoms with E-state index < -0.39 is 31.7 Å². The summed E-state index contributed by atoms with van der Waals surface area (Å²) >= 11 is 0. The predicted octanol–water partition coefficient (Wildman–Crippen LogP) is 15.4. The first-order valence-electron chi connectivity index (χ1n) is 37.6. The van der Waals surface area contributed by atoms with E-state index in [-0.39, 0.29) is 66.5 Å². The molecule has 0 atom stereocenters. The number of carbonyl (C=O) groups excluding carboxylic acids is 8. The number of esters is 3. The number of carboxylic acids is 1. The van der Waals surface area contributed by atoms with E-state index in [1.165, 1.54) is 87.3 Å². The topological polar surface area (TPSA) is 350 Å². The molecule has 26 nitrogen and oxygen atoms in total. The minimum absolute atomic E-state index is 0. The minimum atomic E-state index is -3.23. The number of ether oxygens (including phenoxy) is 4. The van der Waals surface area contributed by atoms with Crippen molar-refractivity contribution >= 4 is 88.6 Å². The van der Waals surface area contributed by atoms with Gasteiger partial charge in [0, 0.05) is 143 Å². The largest absolute Gasteiger partial charge is 1.00 e. The van der Waals surface area contributed by atoms with Crippen LogP contribution in [0.5, 0.6) is 0 Å². The van der Waals surface area contributed by atoms with Gasteiger partial charge in [-0.3, -0.25) is 19.1 Å². The zero-order valence-electron chi connectivity index (χ0n) is 71.3. The summed E-state index contributed by atoms with van der Waals surface area (Å²) < 4.78 is 48.7. The Morgan fingerprint density at radius 2 is 0.817 bits per heavy atom. The minimum Gasteiger partial charge on any atom is -0.478 e. The van der Waals surface area contributed by atoms with Gasteiger partial charge in [0.15, 0.2) is 6.29 Å². The van der Waals surface area contributed by atoms with E-state index in [0.29, 0.717) is 32.2 Å². The second kappa shape index (κ2) is 65.5. The maximum Gasteiger partial charge on any atom is 1.00 e. The van der Waals surface area contributed by atoms with Crippen LogP contribution in [0.15, 0.2) is 237 Å². The number of hydrogen-bond acceptors (Lipinski definition) is 17. The van der Waals surface area contributed by atoms with Crippen molar-refractivity contribution < 1.29 is 115 Å². The first kappa shape index (κ1) is 109. The van der Waals surface area contributed by atoms with Gasteiger partial charge in [-0.2, -0.15) is 0 Å². The van der Waals surface area contributed by atoms with Gasteiger partial charge in [0.2, 0.25) is 0 Å². The third-order valence-electron chi connectivity index (χ3n) is 16.3. The van der Waals surface area contributed by atoms with Crippen LogP contribution in [0.2, 0.25) is 0 Å². The number of rotatable bonds is 28. The fraction of sp³-hybridized carbons (Fsp3) is 0.286. The van der Waals surface area contributed by atoms with Gasteiger partial charge in [-0.05, 0) is 182 Å². The molecule has 2 N–H and O–H groups in total. The normalized spacial score (nSPS) is 10.0. The summed E-state index contributed by atoms with van der Waals surface area (Å²) in [5.41, 5.74) is 28.9. The molecule has 0 radical (unpaired) electrons. The SMILES string of the molecule is CC(=O)CCC=O.CC(=O)CCCO.CCOC(=O)OC(=O)/C=C/c1ccc(C)n1Cc1ccccc1.COC(=O)/C=C/c1ccc(C)n1Cc1ccccc1.COC(=O)CP(=O)(OC)OC.CPC.Cc1ccc(/C=C/C(=O)O)n1Cc1ccccc1.Cc1ccc(C=O)n1Cc1ccccc1.Cc1cccn1Cc1ccccc1.[N-]=[N+]=[N-].[Na+]. The van der Waals surface area contributed by atoms with Crippen LogP contribution in [0.25, 0.3) is 34.2 Å². The van der Waals surface area contributed by atoms with Crippen molar-refractivity contribution in [2.24, 2.45) is 0 Å². The summed E-state index contributed by atoms with van der Waals surface area (Å²) in [4.78, 5) is 96.9. The van der Waals surface area contributed by atoms with Gasteiger partial charge >= 0.3 is 67.2 Å². The van der Waals surface area contributed by atoms with E-state index in [0.717, 1.165) is 105 Å². The number of aliphatic hydroxyl groups excluding tert-OH is 1. The smallest absolute Gasteiger partial charge is 0.478 e.